The van der Waals surface area contributed by atoms with Gasteiger partial charge in [0.1, 0.15) is 12.0 Å². The maximum atomic E-state index is 6.42. The number of nitrogen functional groups attached to an aromatic ring is 1. The Hall–Kier alpha value is -3.28. The average Bonchev–Trinajstić information content (AvgIpc) is 2.72. The highest BCUT2D eigenvalue weighted by Crippen LogP contribution is 2.30. The largest absolute Gasteiger partial charge is 0.393 e. The van der Waals surface area contributed by atoms with E-state index in [-0.39, 0.29) is 0 Å². The molecule has 1 aromatic heterocycles. The number of benzene rings is 2. The number of anilines is 5. The van der Waals surface area contributed by atoms with Gasteiger partial charge in [-0.25, -0.2) is 9.97 Å². The van der Waals surface area contributed by atoms with Gasteiger partial charge in [-0.15, -0.1) is 0 Å². The number of hydrogen-bond donors (Lipinski definition) is 2. The molecule has 1 saturated heterocycles. The van der Waals surface area contributed by atoms with Crippen molar-refractivity contribution in [2.24, 2.45) is 0 Å². The van der Waals surface area contributed by atoms with Crippen molar-refractivity contribution in [3.8, 4) is 0 Å². The van der Waals surface area contributed by atoms with E-state index >= 15 is 0 Å². The van der Waals surface area contributed by atoms with E-state index in [0.29, 0.717) is 11.5 Å². The van der Waals surface area contributed by atoms with Crippen LogP contribution in [0.2, 0.25) is 0 Å². The van der Waals surface area contributed by atoms with E-state index in [0.717, 1.165) is 43.2 Å². The van der Waals surface area contributed by atoms with Crippen LogP contribution in [0.1, 0.15) is 5.56 Å². The van der Waals surface area contributed by atoms with Crippen LogP contribution in [0.25, 0.3) is 0 Å². The molecule has 2 aromatic carbocycles. The third kappa shape index (κ3) is 3.65. The summed E-state index contributed by atoms with van der Waals surface area (Å²) >= 11 is 0. The summed E-state index contributed by atoms with van der Waals surface area (Å²) in [6.07, 6.45) is 1.58. The lowest BCUT2D eigenvalue weighted by Gasteiger charge is -2.37. The monoisotopic (exact) mass is 360 g/mol. The zero-order chi connectivity index (χ0) is 18.6. The molecule has 1 aliphatic rings. The van der Waals surface area contributed by atoms with E-state index < -0.39 is 0 Å². The molecule has 0 bridgehead atoms. The van der Waals surface area contributed by atoms with Crippen molar-refractivity contribution in [3.05, 3.63) is 66.5 Å². The Labute approximate surface area is 159 Å². The van der Waals surface area contributed by atoms with Gasteiger partial charge in [-0.3, -0.25) is 0 Å². The lowest BCUT2D eigenvalue weighted by molar-refractivity contribution is 0.647. The zero-order valence-corrected chi connectivity index (χ0v) is 15.5. The van der Waals surface area contributed by atoms with Gasteiger partial charge in [-0.2, -0.15) is 0 Å². The number of nitrogens with zero attached hydrogens (tertiary/aromatic N) is 4. The number of nitrogens with one attached hydrogen (secondary N) is 1. The minimum absolute atomic E-state index is 0.592. The van der Waals surface area contributed by atoms with Crippen LogP contribution >= 0.6 is 0 Å². The minimum atomic E-state index is 0.592. The topological polar surface area (TPSA) is 70.3 Å². The molecule has 4 rings (SSSR count). The Bertz CT molecular complexity index is 904. The van der Waals surface area contributed by atoms with Crippen molar-refractivity contribution >= 4 is 28.7 Å². The second-order valence-corrected chi connectivity index (χ2v) is 6.71. The van der Waals surface area contributed by atoms with Crippen molar-refractivity contribution in [2.45, 2.75) is 6.92 Å². The quantitative estimate of drug-likeness (QED) is 0.743. The molecule has 2 heterocycles. The number of para-hydroxylation sites is 2. The van der Waals surface area contributed by atoms with Crippen LogP contribution < -0.4 is 20.9 Å². The van der Waals surface area contributed by atoms with Gasteiger partial charge in [-0.1, -0.05) is 36.4 Å². The molecule has 27 heavy (non-hydrogen) atoms. The van der Waals surface area contributed by atoms with Crippen molar-refractivity contribution < 1.29 is 0 Å². The van der Waals surface area contributed by atoms with Crippen molar-refractivity contribution in [3.63, 3.8) is 0 Å². The fourth-order valence-electron chi connectivity index (χ4n) is 3.39. The Morgan fingerprint density at radius 3 is 2.26 bits per heavy atom. The van der Waals surface area contributed by atoms with Crippen molar-refractivity contribution in [1.82, 2.24) is 9.97 Å². The molecule has 0 radical (unpaired) electrons. The maximum absolute atomic E-state index is 6.42. The fourth-order valence-corrected chi connectivity index (χ4v) is 3.39. The molecule has 0 aliphatic carbocycles. The SMILES string of the molecule is Cc1ccccc1Nc1ncnc(N2CCN(c3ccccc3)CC2)c1N. The van der Waals surface area contributed by atoms with Crippen molar-refractivity contribution in [2.75, 3.05) is 47.0 Å². The first kappa shape index (κ1) is 17.1. The molecule has 6 nitrogen and oxygen atoms in total. The van der Waals surface area contributed by atoms with Gasteiger partial charge in [0.05, 0.1) is 0 Å². The first-order valence-electron chi connectivity index (χ1n) is 9.20. The Morgan fingerprint density at radius 1 is 0.852 bits per heavy atom. The number of aryl methyl sites for hydroxylation is 1. The molecule has 0 spiro atoms. The molecule has 6 heteroatoms. The van der Waals surface area contributed by atoms with Crippen LogP contribution in [0.15, 0.2) is 60.9 Å². The molecule has 0 saturated carbocycles. The Kier molecular flexibility index (Phi) is 4.78. The molecule has 1 aliphatic heterocycles. The number of hydrogen-bond acceptors (Lipinski definition) is 6. The Balaban J connectivity index is 1.49. The summed E-state index contributed by atoms with van der Waals surface area (Å²) in [6, 6.07) is 18.6. The van der Waals surface area contributed by atoms with Crippen LogP contribution in [0.4, 0.5) is 28.7 Å². The average molecular weight is 360 g/mol. The number of rotatable bonds is 4. The lowest BCUT2D eigenvalue weighted by Crippen LogP contribution is -2.47. The summed E-state index contributed by atoms with van der Waals surface area (Å²) in [5.74, 6) is 1.45. The van der Waals surface area contributed by atoms with Crippen LogP contribution in [-0.4, -0.2) is 36.1 Å². The van der Waals surface area contributed by atoms with Gasteiger partial charge >= 0.3 is 0 Å². The van der Waals surface area contributed by atoms with Gasteiger partial charge in [0.15, 0.2) is 11.6 Å². The standard InChI is InChI=1S/C21H24N6/c1-16-7-5-6-10-18(16)25-20-19(22)21(24-15-23-20)27-13-11-26(12-14-27)17-8-3-2-4-9-17/h2-10,15H,11-14,22H2,1H3,(H,23,24,25). The smallest absolute Gasteiger partial charge is 0.159 e. The maximum Gasteiger partial charge on any atom is 0.159 e. The summed E-state index contributed by atoms with van der Waals surface area (Å²) < 4.78 is 0. The van der Waals surface area contributed by atoms with Gasteiger partial charge in [0.2, 0.25) is 0 Å². The van der Waals surface area contributed by atoms with E-state index in [9.17, 15) is 0 Å². The molecule has 3 N–H and O–H groups in total. The summed E-state index contributed by atoms with van der Waals surface area (Å²) in [4.78, 5) is 13.4. The summed E-state index contributed by atoms with van der Waals surface area (Å²) in [5, 5.41) is 3.34. The first-order chi connectivity index (χ1) is 13.2. The van der Waals surface area contributed by atoms with Crippen LogP contribution in [0, 0.1) is 6.92 Å². The third-order valence-corrected chi connectivity index (χ3v) is 4.96. The highest BCUT2D eigenvalue weighted by atomic mass is 15.3. The van der Waals surface area contributed by atoms with Crippen LogP contribution in [0.3, 0.4) is 0 Å². The van der Waals surface area contributed by atoms with Gasteiger partial charge < -0.3 is 20.9 Å². The fraction of sp³-hybridized carbons (Fsp3) is 0.238. The molecular weight excluding hydrogens is 336 g/mol. The van der Waals surface area contributed by atoms with E-state index in [2.05, 4.69) is 62.3 Å². The number of nitrogens with two attached hydrogens (primary N) is 1. The van der Waals surface area contributed by atoms with E-state index in [4.69, 9.17) is 5.73 Å². The summed E-state index contributed by atoms with van der Waals surface area (Å²) in [5.41, 5.74) is 10.4. The van der Waals surface area contributed by atoms with Gasteiger partial charge in [-0.05, 0) is 30.7 Å². The normalized spacial score (nSPS) is 14.3. The highest BCUT2D eigenvalue weighted by molar-refractivity contribution is 5.79. The predicted octanol–water partition coefficient (Wildman–Crippen LogP) is 3.44. The van der Waals surface area contributed by atoms with E-state index in [1.807, 2.05) is 24.3 Å². The molecule has 0 unspecified atom stereocenters. The zero-order valence-electron chi connectivity index (χ0n) is 15.5. The molecule has 138 valence electrons. The predicted molar refractivity (Wildman–Crippen MR) is 112 cm³/mol. The highest BCUT2D eigenvalue weighted by Gasteiger charge is 2.21. The second kappa shape index (κ2) is 7.53. The van der Waals surface area contributed by atoms with Crippen LogP contribution in [0.5, 0.6) is 0 Å². The van der Waals surface area contributed by atoms with Crippen LogP contribution in [-0.2, 0) is 0 Å². The Morgan fingerprint density at radius 2 is 1.52 bits per heavy atom. The molecule has 3 aromatic rings. The molecule has 0 amide bonds. The second-order valence-electron chi connectivity index (χ2n) is 6.71. The van der Waals surface area contributed by atoms with Crippen molar-refractivity contribution in [1.29, 1.82) is 0 Å². The van der Waals surface area contributed by atoms with Gasteiger partial charge in [0.25, 0.3) is 0 Å². The summed E-state index contributed by atoms with van der Waals surface area (Å²) in [7, 11) is 0. The van der Waals surface area contributed by atoms with Gasteiger partial charge in [0, 0.05) is 37.6 Å². The minimum Gasteiger partial charge on any atom is -0.393 e. The molecular formula is C21H24N6. The number of aromatic nitrogens is 2. The first-order valence-corrected chi connectivity index (χ1v) is 9.20. The van der Waals surface area contributed by atoms with E-state index in [1.54, 1.807) is 6.33 Å². The molecule has 0 atom stereocenters. The lowest BCUT2D eigenvalue weighted by atomic mass is 10.2. The van der Waals surface area contributed by atoms with E-state index in [1.165, 1.54) is 5.69 Å². The summed E-state index contributed by atoms with van der Waals surface area (Å²) in [6.45, 7) is 5.69. The molecule has 1 fully saturated rings. The third-order valence-electron chi connectivity index (χ3n) is 4.96. The number of piperazine rings is 1.